The highest BCUT2D eigenvalue weighted by atomic mass is 35.5. The Labute approximate surface area is 116 Å². The van der Waals surface area contributed by atoms with Crippen LogP contribution < -0.4 is 10.2 Å². The van der Waals surface area contributed by atoms with E-state index in [0.717, 1.165) is 22.6 Å². The second-order valence-electron chi connectivity index (χ2n) is 4.63. The Morgan fingerprint density at radius 2 is 1.89 bits per heavy atom. The second-order valence-corrected chi connectivity index (χ2v) is 5.07. The number of hydrogen-bond donors (Lipinski definition) is 1. The van der Waals surface area contributed by atoms with Gasteiger partial charge in [-0.3, -0.25) is 4.79 Å². The van der Waals surface area contributed by atoms with E-state index in [-0.39, 0.29) is 5.91 Å². The zero-order valence-corrected chi connectivity index (χ0v) is 11.2. The first kappa shape index (κ1) is 12.1. The SMILES string of the molecule is Cc1ccc2c(c1)N(c1ccc(Cl)cc1)CC(=O)N2. The predicted molar refractivity (Wildman–Crippen MR) is 78.3 cm³/mol. The van der Waals surface area contributed by atoms with Gasteiger partial charge in [-0.1, -0.05) is 17.7 Å². The van der Waals surface area contributed by atoms with Crippen molar-refractivity contribution in [3.8, 4) is 0 Å². The summed E-state index contributed by atoms with van der Waals surface area (Å²) in [6, 6.07) is 13.5. The summed E-state index contributed by atoms with van der Waals surface area (Å²) >= 11 is 5.91. The van der Waals surface area contributed by atoms with Crippen molar-refractivity contribution in [3.05, 3.63) is 53.1 Å². The van der Waals surface area contributed by atoms with E-state index < -0.39 is 0 Å². The van der Waals surface area contributed by atoms with Crippen LogP contribution in [0.3, 0.4) is 0 Å². The van der Waals surface area contributed by atoms with Crippen molar-refractivity contribution >= 4 is 34.6 Å². The van der Waals surface area contributed by atoms with Gasteiger partial charge in [-0.2, -0.15) is 0 Å². The lowest BCUT2D eigenvalue weighted by Crippen LogP contribution is -2.35. The van der Waals surface area contributed by atoms with Gasteiger partial charge in [0.25, 0.3) is 0 Å². The van der Waals surface area contributed by atoms with Crippen LogP contribution in [0.4, 0.5) is 17.1 Å². The quantitative estimate of drug-likeness (QED) is 0.858. The maximum absolute atomic E-state index is 11.8. The third-order valence-electron chi connectivity index (χ3n) is 3.16. The number of carbonyl (C=O) groups is 1. The van der Waals surface area contributed by atoms with E-state index in [4.69, 9.17) is 11.6 Å². The molecular weight excluding hydrogens is 260 g/mol. The lowest BCUT2D eigenvalue weighted by atomic mass is 10.1. The van der Waals surface area contributed by atoms with Crippen LogP contribution in [0.5, 0.6) is 0 Å². The monoisotopic (exact) mass is 272 g/mol. The fraction of sp³-hybridized carbons (Fsp3) is 0.133. The minimum atomic E-state index is -0.00805. The number of anilines is 3. The zero-order chi connectivity index (χ0) is 13.4. The molecule has 0 aliphatic carbocycles. The molecule has 0 spiro atoms. The highest BCUT2D eigenvalue weighted by Gasteiger charge is 2.22. The van der Waals surface area contributed by atoms with E-state index in [2.05, 4.69) is 11.4 Å². The minimum Gasteiger partial charge on any atom is -0.330 e. The van der Waals surface area contributed by atoms with Crippen molar-refractivity contribution in [3.63, 3.8) is 0 Å². The van der Waals surface area contributed by atoms with Crippen molar-refractivity contribution < 1.29 is 4.79 Å². The van der Waals surface area contributed by atoms with Crippen molar-refractivity contribution in [1.82, 2.24) is 0 Å². The molecule has 0 radical (unpaired) electrons. The molecule has 1 aliphatic heterocycles. The Morgan fingerprint density at radius 3 is 2.63 bits per heavy atom. The molecule has 0 unspecified atom stereocenters. The summed E-state index contributed by atoms with van der Waals surface area (Å²) in [7, 11) is 0. The van der Waals surface area contributed by atoms with Crippen LogP contribution in [0.2, 0.25) is 5.02 Å². The highest BCUT2D eigenvalue weighted by Crippen LogP contribution is 2.35. The number of nitrogens with one attached hydrogen (secondary N) is 1. The number of benzene rings is 2. The van der Waals surface area contributed by atoms with Crippen molar-refractivity contribution in [1.29, 1.82) is 0 Å². The molecule has 19 heavy (non-hydrogen) atoms. The third-order valence-corrected chi connectivity index (χ3v) is 3.41. The van der Waals surface area contributed by atoms with Gasteiger partial charge in [0, 0.05) is 10.7 Å². The average molecular weight is 273 g/mol. The Kier molecular flexibility index (Phi) is 2.91. The number of amides is 1. The molecule has 0 aromatic heterocycles. The van der Waals surface area contributed by atoms with Gasteiger partial charge < -0.3 is 10.2 Å². The molecule has 0 fully saturated rings. The number of nitrogens with zero attached hydrogens (tertiary/aromatic N) is 1. The number of carbonyl (C=O) groups excluding carboxylic acids is 1. The maximum Gasteiger partial charge on any atom is 0.244 e. The van der Waals surface area contributed by atoms with Gasteiger partial charge >= 0.3 is 0 Å². The number of halogens is 1. The van der Waals surface area contributed by atoms with Gasteiger partial charge in [-0.25, -0.2) is 0 Å². The topological polar surface area (TPSA) is 32.3 Å². The summed E-state index contributed by atoms with van der Waals surface area (Å²) in [6.45, 7) is 2.36. The van der Waals surface area contributed by atoms with Gasteiger partial charge in [0.15, 0.2) is 0 Å². The normalized spacial score (nSPS) is 14.0. The number of rotatable bonds is 1. The Hall–Kier alpha value is -2.00. The molecule has 2 aromatic rings. The maximum atomic E-state index is 11.8. The predicted octanol–water partition coefficient (Wildman–Crippen LogP) is 3.74. The van der Waals surface area contributed by atoms with Gasteiger partial charge in [0.05, 0.1) is 11.4 Å². The van der Waals surface area contributed by atoms with Crippen molar-refractivity contribution in [2.75, 3.05) is 16.8 Å². The molecule has 4 heteroatoms. The van der Waals surface area contributed by atoms with Gasteiger partial charge in [0.2, 0.25) is 5.91 Å². The first-order valence-corrected chi connectivity index (χ1v) is 6.45. The Balaban J connectivity index is 2.09. The fourth-order valence-electron chi connectivity index (χ4n) is 2.24. The lowest BCUT2D eigenvalue weighted by molar-refractivity contribution is -0.115. The summed E-state index contributed by atoms with van der Waals surface area (Å²) in [5.41, 5.74) is 3.98. The van der Waals surface area contributed by atoms with E-state index in [9.17, 15) is 4.79 Å². The van der Waals surface area contributed by atoms with E-state index >= 15 is 0 Å². The van der Waals surface area contributed by atoms with Crippen LogP contribution in [0.1, 0.15) is 5.56 Å². The molecule has 3 nitrogen and oxygen atoms in total. The molecule has 1 aliphatic rings. The van der Waals surface area contributed by atoms with Crippen LogP contribution in [-0.2, 0) is 4.79 Å². The highest BCUT2D eigenvalue weighted by molar-refractivity contribution is 6.30. The third kappa shape index (κ3) is 2.29. The Bertz CT molecular complexity index is 637. The summed E-state index contributed by atoms with van der Waals surface area (Å²) in [5, 5.41) is 3.58. The van der Waals surface area contributed by atoms with E-state index in [1.165, 1.54) is 0 Å². The Morgan fingerprint density at radius 1 is 1.16 bits per heavy atom. The summed E-state index contributed by atoms with van der Waals surface area (Å²) in [5.74, 6) is -0.00805. The number of fused-ring (bicyclic) bond motifs is 1. The summed E-state index contributed by atoms with van der Waals surface area (Å²) < 4.78 is 0. The molecule has 0 saturated heterocycles. The largest absolute Gasteiger partial charge is 0.330 e. The van der Waals surface area contributed by atoms with Gasteiger partial charge in [-0.15, -0.1) is 0 Å². The van der Waals surface area contributed by atoms with Crippen molar-refractivity contribution in [2.24, 2.45) is 0 Å². The number of hydrogen-bond acceptors (Lipinski definition) is 2. The first-order valence-electron chi connectivity index (χ1n) is 6.07. The van der Waals surface area contributed by atoms with Gasteiger partial charge in [0.1, 0.15) is 6.54 Å². The summed E-state index contributed by atoms with van der Waals surface area (Å²) in [6.07, 6.45) is 0. The molecular formula is C15H13ClN2O. The first-order chi connectivity index (χ1) is 9.13. The molecule has 0 bridgehead atoms. The van der Waals surface area contributed by atoms with Crippen molar-refractivity contribution in [2.45, 2.75) is 6.92 Å². The number of aryl methyl sites for hydroxylation is 1. The molecule has 1 N–H and O–H groups in total. The van der Waals surface area contributed by atoms with Crippen LogP contribution in [0.15, 0.2) is 42.5 Å². The van der Waals surface area contributed by atoms with Gasteiger partial charge in [-0.05, 0) is 48.9 Å². The summed E-state index contributed by atoms with van der Waals surface area (Å²) in [4.78, 5) is 13.8. The smallest absolute Gasteiger partial charge is 0.244 e. The molecule has 2 aromatic carbocycles. The van der Waals surface area contributed by atoms with E-state index in [0.29, 0.717) is 11.6 Å². The second kappa shape index (κ2) is 4.59. The average Bonchev–Trinajstić information content (AvgIpc) is 2.39. The standard InChI is InChI=1S/C15H13ClN2O/c1-10-2-7-13-14(8-10)18(9-15(19)17-13)12-5-3-11(16)4-6-12/h2-8H,9H2,1H3,(H,17,19). The molecule has 1 heterocycles. The van der Waals surface area contributed by atoms with E-state index in [1.807, 2.05) is 48.2 Å². The lowest BCUT2D eigenvalue weighted by Gasteiger charge is -2.31. The molecule has 1 amide bonds. The molecule has 0 saturated carbocycles. The zero-order valence-electron chi connectivity index (χ0n) is 10.5. The van der Waals surface area contributed by atoms with Crippen LogP contribution in [0.25, 0.3) is 0 Å². The molecule has 96 valence electrons. The van der Waals surface area contributed by atoms with Crippen LogP contribution in [-0.4, -0.2) is 12.5 Å². The molecule has 0 atom stereocenters. The fourth-order valence-corrected chi connectivity index (χ4v) is 2.37. The van der Waals surface area contributed by atoms with Crippen LogP contribution in [0, 0.1) is 6.92 Å². The van der Waals surface area contributed by atoms with Crippen LogP contribution >= 0.6 is 11.6 Å². The van der Waals surface area contributed by atoms with E-state index in [1.54, 1.807) is 0 Å². The minimum absolute atomic E-state index is 0.00805. The molecule has 3 rings (SSSR count).